The number of rotatable bonds is 4. The lowest BCUT2D eigenvalue weighted by molar-refractivity contribution is 0.208. The van der Waals surface area contributed by atoms with Crippen LogP contribution in [0.5, 0.6) is 0 Å². The molecule has 6 nitrogen and oxygen atoms in total. The van der Waals surface area contributed by atoms with E-state index in [1.807, 2.05) is 40.5 Å². The Balaban J connectivity index is 1.36. The number of thiophene rings is 1. The molecular weight excluding hydrogens is 498 g/mol. The molecule has 2 aromatic heterocycles. The Bertz CT molecular complexity index is 1150. The molecule has 33 heavy (non-hydrogen) atoms. The molecule has 1 fully saturated rings. The summed E-state index contributed by atoms with van der Waals surface area (Å²) >= 11 is 5.31. The second-order valence-electron chi connectivity index (χ2n) is 9.16. The van der Waals surface area contributed by atoms with Gasteiger partial charge in [-0.05, 0) is 61.4 Å². The molecule has 5 rings (SSSR count). The minimum atomic E-state index is -0.0432. The molecule has 1 aromatic carbocycles. The predicted octanol–water partition coefficient (Wildman–Crippen LogP) is 5.89. The van der Waals surface area contributed by atoms with Gasteiger partial charge in [0.1, 0.15) is 16.5 Å². The van der Waals surface area contributed by atoms with E-state index in [-0.39, 0.29) is 6.03 Å². The Hall–Kier alpha value is -2.19. The third-order valence-electron chi connectivity index (χ3n) is 6.62. The number of nitrogens with one attached hydrogen (secondary N) is 1. The molecule has 8 heteroatoms. The summed E-state index contributed by atoms with van der Waals surface area (Å²) in [5, 5.41) is 4.29. The van der Waals surface area contributed by atoms with Crippen LogP contribution in [0.2, 0.25) is 0 Å². The second-order valence-corrected chi connectivity index (χ2v) is 11.2. The number of carbonyl (C=O) groups is 1. The average molecular weight is 529 g/mol. The van der Waals surface area contributed by atoms with Crippen molar-refractivity contribution in [3.05, 3.63) is 45.0 Å². The van der Waals surface area contributed by atoms with Crippen molar-refractivity contribution in [3.8, 4) is 0 Å². The predicted molar refractivity (Wildman–Crippen MR) is 140 cm³/mol. The van der Waals surface area contributed by atoms with Gasteiger partial charge in [0, 0.05) is 47.6 Å². The number of carbonyl (C=O) groups excluding carboxylic acids is 1. The monoisotopic (exact) mass is 527 g/mol. The Morgan fingerprint density at radius 2 is 1.94 bits per heavy atom. The number of fused-ring (bicyclic) bond motifs is 3. The maximum absolute atomic E-state index is 12.8. The molecule has 1 N–H and O–H groups in total. The number of nitrogens with zero attached hydrogens (tertiary/aromatic N) is 4. The Labute approximate surface area is 207 Å². The van der Waals surface area contributed by atoms with Crippen LogP contribution in [0.3, 0.4) is 0 Å². The number of hydrogen-bond acceptors (Lipinski definition) is 5. The van der Waals surface area contributed by atoms with Crippen molar-refractivity contribution in [2.24, 2.45) is 5.92 Å². The van der Waals surface area contributed by atoms with E-state index in [4.69, 9.17) is 9.97 Å². The lowest BCUT2D eigenvalue weighted by atomic mass is 9.89. The van der Waals surface area contributed by atoms with Gasteiger partial charge < -0.3 is 15.1 Å². The smallest absolute Gasteiger partial charge is 0.321 e. The van der Waals surface area contributed by atoms with Crippen molar-refractivity contribution in [1.82, 2.24) is 14.9 Å². The van der Waals surface area contributed by atoms with Gasteiger partial charge in [0.15, 0.2) is 0 Å². The highest BCUT2D eigenvalue weighted by Crippen LogP contribution is 2.41. The number of halogens is 1. The lowest BCUT2D eigenvalue weighted by Gasteiger charge is -2.36. The molecule has 1 atom stereocenters. The zero-order chi connectivity index (χ0) is 22.9. The molecule has 0 bridgehead atoms. The summed E-state index contributed by atoms with van der Waals surface area (Å²) in [5.74, 6) is 2.77. The average Bonchev–Trinajstić information content (AvgIpc) is 3.17. The van der Waals surface area contributed by atoms with E-state index in [1.54, 1.807) is 0 Å². The fourth-order valence-corrected chi connectivity index (χ4v) is 6.45. The summed E-state index contributed by atoms with van der Waals surface area (Å²) in [4.78, 5) is 29.7. The summed E-state index contributed by atoms with van der Waals surface area (Å²) < 4.78 is 0.998. The normalized spacial score (nSPS) is 18.5. The fraction of sp³-hybridized carbons (Fsp3) is 0.480. The first-order valence-corrected chi connectivity index (χ1v) is 13.5. The number of aromatic nitrogens is 2. The maximum Gasteiger partial charge on any atom is 0.321 e. The number of urea groups is 1. The molecule has 3 aromatic rings. The summed E-state index contributed by atoms with van der Waals surface area (Å²) in [6.45, 7) is 7.46. The van der Waals surface area contributed by atoms with Crippen molar-refractivity contribution in [2.45, 2.75) is 46.0 Å². The highest BCUT2D eigenvalue weighted by molar-refractivity contribution is 9.10. The van der Waals surface area contributed by atoms with E-state index in [2.05, 4.69) is 40.0 Å². The van der Waals surface area contributed by atoms with Gasteiger partial charge >= 0.3 is 6.03 Å². The quantitative estimate of drug-likeness (QED) is 0.459. The van der Waals surface area contributed by atoms with Gasteiger partial charge in [-0.1, -0.05) is 29.8 Å². The topological polar surface area (TPSA) is 61.4 Å². The van der Waals surface area contributed by atoms with Gasteiger partial charge in [0.2, 0.25) is 0 Å². The molecule has 3 heterocycles. The van der Waals surface area contributed by atoms with Crippen LogP contribution >= 0.6 is 27.3 Å². The first kappa shape index (κ1) is 22.6. The van der Waals surface area contributed by atoms with Gasteiger partial charge in [-0.25, -0.2) is 14.8 Å². The SMILES string of the molecule is CCCc1nc(N2CCN(C(=O)Nc3ccc(Br)cc3)CC2)c2c3c(sc2n1)C[C@H](C)CC3. The summed E-state index contributed by atoms with van der Waals surface area (Å²) in [6, 6.07) is 7.64. The molecule has 0 spiro atoms. The highest BCUT2D eigenvalue weighted by Gasteiger charge is 2.28. The standard InChI is InChI=1S/C25H30BrN5OS/c1-3-4-21-28-23(22-19-10-5-16(2)15-20(19)33-24(22)29-21)30-11-13-31(14-12-30)25(32)27-18-8-6-17(26)7-9-18/h6-9,16H,3-5,10-15H2,1-2H3,(H,27,32)/t16-/m1/s1. The van der Waals surface area contributed by atoms with E-state index in [0.717, 1.165) is 71.3 Å². The van der Waals surface area contributed by atoms with Crippen LogP contribution in [0.25, 0.3) is 10.2 Å². The van der Waals surface area contributed by atoms with E-state index < -0.39 is 0 Å². The van der Waals surface area contributed by atoms with E-state index in [1.165, 1.54) is 22.2 Å². The van der Waals surface area contributed by atoms with Gasteiger partial charge in [-0.3, -0.25) is 0 Å². The molecule has 0 radical (unpaired) electrons. The molecule has 174 valence electrons. The number of amides is 2. The van der Waals surface area contributed by atoms with Crippen LogP contribution in [0.1, 0.15) is 43.0 Å². The maximum atomic E-state index is 12.8. The summed E-state index contributed by atoms with van der Waals surface area (Å²) in [7, 11) is 0. The molecule has 1 aliphatic carbocycles. The molecule has 0 saturated carbocycles. The van der Waals surface area contributed by atoms with E-state index >= 15 is 0 Å². The van der Waals surface area contributed by atoms with Crippen LogP contribution in [0.15, 0.2) is 28.7 Å². The number of benzene rings is 1. The fourth-order valence-electron chi connectivity index (χ4n) is 4.79. The molecular formula is C25H30BrN5OS. The Morgan fingerprint density at radius 3 is 2.67 bits per heavy atom. The van der Waals surface area contributed by atoms with Crippen molar-refractivity contribution in [3.63, 3.8) is 0 Å². The molecule has 1 saturated heterocycles. The molecule has 0 unspecified atom stereocenters. The lowest BCUT2D eigenvalue weighted by Crippen LogP contribution is -2.50. The number of aryl methyl sites for hydroxylation is 2. The van der Waals surface area contributed by atoms with Crippen molar-refractivity contribution in [1.29, 1.82) is 0 Å². The van der Waals surface area contributed by atoms with Gasteiger partial charge in [0.25, 0.3) is 0 Å². The molecule has 2 amide bonds. The van der Waals surface area contributed by atoms with E-state index in [9.17, 15) is 4.79 Å². The minimum Gasteiger partial charge on any atom is -0.352 e. The first-order chi connectivity index (χ1) is 16.0. The largest absolute Gasteiger partial charge is 0.352 e. The van der Waals surface area contributed by atoms with Gasteiger partial charge in [-0.2, -0.15) is 0 Å². The molecule has 1 aliphatic heterocycles. The van der Waals surface area contributed by atoms with E-state index in [0.29, 0.717) is 13.1 Å². The zero-order valence-corrected chi connectivity index (χ0v) is 21.6. The number of piperazine rings is 1. The van der Waals surface area contributed by atoms with Crippen LogP contribution in [-0.4, -0.2) is 47.1 Å². The third kappa shape index (κ3) is 4.73. The van der Waals surface area contributed by atoms with Crippen LogP contribution < -0.4 is 10.2 Å². The second kappa shape index (κ2) is 9.58. The Morgan fingerprint density at radius 1 is 1.18 bits per heavy atom. The van der Waals surface area contributed by atoms with Crippen molar-refractivity contribution in [2.75, 3.05) is 36.4 Å². The Kier molecular flexibility index (Phi) is 6.56. The van der Waals surface area contributed by atoms with Gasteiger partial charge in [-0.15, -0.1) is 11.3 Å². The van der Waals surface area contributed by atoms with Gasteiger partial charge in [0.05, 0.1) is 5.39 Å². The van der Waals surface area contributed by atoms with Crippen LogP contribution in [0.4, 0.5) is 16.3 Å². The summed E-state index contributed by atoms with van der Waals surface area (Å²) in [5.41, 5.74) is 2.29. The minimum absolute atomic E-state index is 0.0432. The zero-order valence-electron chi connectivity index (χ0n) is 19.2. The van der Waals surface area contributed by atoms with Crippen LogP contribution in [-0.2, 0) is 19.3 Å². The van der Waals surface area contributed by atoms with Crippen molar-refractivity contribution < 1.29 is 4.79 Å². The number of anilines is 2. The van der Waals surface area contributed by atoms with Crippen LogP contribution in [0, 0.1) is 5.92 Å². The third-order valence-corrected chi connectivity index (χ3v) is 8.29. The molecule has 2 aliphatic rings. The first-order valence-electron chi connectivity index (χ1n) is 11.9. The highest BCUT2D eigenvalue weighted by atomic mass is 79.9. The summed E-state index contributed by atoms with van der Waals surface area (Å²) in [6.07, 6.45) is 5.45. The van der Waals surface area contributed by atoms with Crippen molar-refractivity contribution >= 4 is 55.0 Å². The number of hydrogen-bond donors (Lipinski definition) is 1.